The highest BCUT2D eigenvalue weighted by Crippen LogP contribution is 2.22. The maximum absolute atomic E-state index is 11.3. The van der Waals surface area contributed by atoms with Gasteiger partial charge in [0.15, 0.2) is 0 Å². The summed E-state index contributed by atoms with van der Waals surface area (Å²) in [6.07, 6.45) is -0.434. The minimum absolute atomic E-state index is 0.363. The first-order valence-corrected chi connectivity index (χ1v) is 7.85. The Morgan fingerprint density at radius 2 is 2.00 bits per heavy atom. The molecule has 0 aliphatic carbocycles. The maximum atomic E-state index is 11.3. The largest absolute Gasteiger partial charge is 0.450 e. The second-order valence-electron chi connectivity index (χ2n) is 4.04. The fraction of sp³-hybridized carbons (Fsp3) is 0.214. The Morgan fingerprint density at radius 3 is 2.60 bits per heavy atom. The van der Waals surface area contributed by atoms with Crippen LogP contribution in [0.3, 0.4) is 0 Å². The standard InChI is InChI=1S/C14H15BrN2O2S/c1-2-19-14(18)17-12-5-3-11(4-6-12)16-8-10-7-13(15)20-9-10/h3-7,9,16H,2,8H2,1H3,(H,17,18). The van der Waals surface area contributed by atoms with E-state index >= 15 is 0 Å². The molecule has 1 heterocycles. The molecule has 0 aliphatic heterocycles. The molecular formula is C14H15BrN2O2S. The van der Waals surface area contributed by atoms with Gasteiger partial charge in [-0.1, -0.05) is 0 Å². The molecule has 20 heavy (non-hydrogen) atoms. The zero-order chi connectivity index (χ0) is 14.4. The first-order chi connectivity index (χ1) is 9.67. The minimum atomic E-state index is -0.434. The van der Waals surface area contributed by atoms with E-state index in [-0.39, 0.29) is 0 Å². The Kier molecular flexibility index (Phi) is 5.43. The molecule has 1 amide bonds. The van der Waals surface area contributed by atoms with Gasteiger partial charge in [-0.15, -0.1) is 11.3 Å². The Labute approximate surface area is 130 Å². The molecule has 2 N–H and O–H groups in total. The minimum Gasteiger partial charge on any atom is -0.450 e. The predicted molar refractivity (Wildman–Crippen MR) is 86.4 cm³/mol. The SMILES string of the molecule is CCOC(=O)Nc1ccc(NCc2csc(Br)c2)cc1. The smallest absolute Gasteiger partial charge is 0.411 e. The molecule has 0 aliphatic rings. The summed E-state index contributed by atoms with van der Waals surface area (Å²) in [5.41, 5.74) is 2.95. The van der Waals surface area contributed by atoms with Crippen molar-refractivity contribution in [3.05, 3.63) is 45.1 Å². The average molecular weight is 355 g/mol. The molecule has 1 aromatic heterocycles. The number of hydrogen-bond acceptors (Lipinski definition) is 4. The van der Waals surface area contributed by atoms with Gasteiger partial charge in [0.2, 0.25) is 0 Å². The molecule has 0 spiro atoms. The van der Waals surface area contributed by atoms with E-state index < -0.39 is 6.09 Å². The summed E-state index contributed by atoms with van der Waals surface area (Å²) in [6, 6.07) is 9.60. The number of thiophene rings is 1. The van der Waals surface area contributed by atoms with Crippen molar-refractivity contribution in [3.63, 3.8) is 0 Å². The normalized spacial score (nSPS) is 10.1. The molecule has 0 saturated heterocycles. The van der Waals surface area contributed by atoms with Crippen LogP contribution in [0.15, 0.2) is 39.5 Å². The Hall–Kier alpha value is -1.53. The summed E-state index contributed by atoms with van der Waals surface area (Å²) < 4.78 is 5.94. The van der Waals surface area contributed by atoms with Crippen molar-refractivity contribution < 1.29 is 9.53 Å². The predicted octanol–water partition coefficient (Wildman–Crippen LogP) is 4.69. The fourth-order valence-electron chi connectivity index (χ4n) is 1.60. The topological polar surface area (TPSA) is 50.4 Å². The molecule has 106 valence electrons. The van der Waals surface area contributed by atoms with Crippen LogP contribution >= 0.6 is 27.3 Å². The Balaban J connectivity index is 1.86. The third-order valence-electron chi connectivity index (χ3n) is 2.53. The second kappa shape index (κ2) is 7.31. The number of hydrogen-bond donors (Lipinski definition) is 2. The van der Waals surface area contributed by atoms with Gasteiger partial charge < -0.3 is 10.1 Å². The van der Waals surface area contributed by atoms with Crippen LogP contribution in [0.1, 0.15) is 12.5 Å². The number of carbonyl (C=O) groups is 1. The Bertz CT molecular complexity index is 569. The Morgan fingerprint density at radius 1 is 1.30 bits per heavy atom. The first kappa shape index (κ1) is 14.9. The molecule has 6 heteroatoms. The van der Waals surface area contributed by atoms with Gasteiger partial charge in [-0.25, -0.2) is 4.79 Å². The van der Waals surface area contributed by atoms with Crippen molar-refractivity contribution in [1.29, 1.82) is 0 Å². The van der Waals surface area contributed by atoms with E-state index in [1.165, 1.54) is 5.56 Å². The van der Waals surface area contributed by atoms with Gasteiger partial charge in [0.1, 0.15) is 0 Å². The lowest BCUT2D eigenvalue weighted by atomic mass is 10.2. The highest BCUT2D eigenvalue weighted by atomic mass is 79.9. The third-order valence-corrected chi connectivity index (χ3v) is 4.08. The monoisotopic (exact) mass is 354 g/mol. The number of benzene rings is 1. The van der Waals surface area contributed by atoms with Gasteiger partial charge in [0, 0.05) is 17.9 Å². The summed E-state index contributed by atoms with van der Waals surface area (Å²) in [5, 5.41) is 8.08. The number of ether oxygens (including phenoxy) is 1. The van der Waals surface area contributed by atoms with E-state index in [0.717, 1.165) is 16.0 Å². The van der Waals surface area contributed by atoms with E-state index in [9.17, 15) is 4.79 Å². The molecule has 0 fully saturated rings. The lowest BCUT2D eigenvalue weighted by Gasteiger charge is -2.08. The number of anilines is 2. The van der Waals surface area contributed by atoms with Crippen LogP contribution < -0.4 is 10.6 Å². The van der Waals surface area contributed by atoms with Crippen LogP contribution in [0.2, 0.25) is 0 Å². The zero-order valence-corrected chi connectivity index (χ0v) is 13.4. The van der Waals surface area contributed by atoms with Crippen molar-refractivity contribution >= 4 is 44.7 Å². The number of nitrogens with one attached hydrogen (secondary N) is 2. The lowest BCUT2D eigenvalue weighted by molar-refractivity contribution is 0.168. The van der Waals surface area contributed by atoms with Crippen LogP contribution in [-0.4, -0.2) is 12.7 Å². The van der Waals surface area contributed by atoms with Gasteiger partial charge in [0.25, 0.3) is 0 Å². The molecule has 0 atom stereocenters. The van der Waals surface area contributed by atoms with Crippen LogP contribution in [0.25, 0.3) is 0 Å². The van der Waals surface area contributed by atoms with E-state index in [1.54, 1.807) is 18.3 Å². The van der Waals surface area contributed by atoms with E-state index in [2.05, 4.69) is 38.0 Å². The van der Waals surface area contributed by atoms with E-state index in [4.69, 9.17) is 4.74 Å². The summed E-state index contributed by atoms with van der Waals surface area (Å²) in [7, 11) is 0. The summed E-state index contributed by atoms with van der Waals surface area (Å²) in [5.74, 6) is 0. The molecule has 0 bridgehead atoms. The van der Waals surface area contributed by atoms with Crippen LogP contribution in [0, 0.1) is 0 Å². The van der Waals surface area contributed by atoms with Gasteiger partial charge >= 0.3 is 6.09 Å². The van der Waals surface area contributed by atoms with E-state index in [1.807, 2.05) is 24.3 Å². The maximum Gasteiger partial charge on any atom is 0.411 e. The molecule has 0 saturated carbocycles. The molecule has 2 rings (SSSR count). The van der Waals surface area contributed by atoms with Crippen molar-refractivity contribution in [2.45, 2.75) is 13.5 Å². The van der Waals surface area contributed by atoms with Crippen molar-refractivity contribution in [2.24, 2.45) is 0 Å². The molecule has 0 radical (unpaired) electrons. The summed E-state index contributed by atoms with van der Waals surface area (Å²) in [6.45, 7) is 2.91. The van der Waals surface area contributed by atoms with Gasteiger partial charge in [-0.3, -0.25) is 5.32 Å². The van der Waals surface area contributed by atoms with Crippen molar-refractivity contribution in [1.82, 2.24) is 0 Å². The van der Waals surface area contributed by atoms with Crippen LogP contribution in [0.5, 0.6) is 0 Å². The summed E-state index contributed by atoms with van der Waals surface area (Å²) in [4.78, 5) is 11.3. The summed E-state index contributed by atoms with van der Waals surface area (Å²) >= 11 is 5.11. The second-order valence-corrected chi connectivity index (χ2v) is 6.33. The van der Waals surface area contributed by atoms with Crippen molar-refractivity contribution in [2.75, 3.05) is 17.2 Å². The highest BCUT2D eigenvalue weighted by molar-refractivity contribution is 9.11. The molecule has 1 aromatic carbocycles. The van der Waals surface area contributed by atoms with Crippen molar-refractivity contribution in [3.8, 4) is 0 Å². The fourth-order valence-corrected chi connectivity index (χ4v) is 2.81. The first-order valence-electron chi connectivity index (χ1n) is 6.18. The van der Waals surface area contributed by atoms with Gasteiger partial charge in [-0.2, -0.15) is 0 Å². The van der Waals surface area contributed by atoms with E-state index in [0.29, 0.717) is 12.3 Å². The zero-order valence-electron chi connectivity index (χ0n) is 11.0. The number of halogens is 1. The van der Waals surface area contributed by atoms with Gasteiger partial charge in [-0.05, 0) is 64.1 Å². The molecule has 4 nitrogen and oxygen atoms in total. The lowest BCUT2D eigenvalue weighted by Crippen LogP contribution is -2.13. The number of rotatable bonds is 5. The van der Waals surface area contributed by atoms with Crippen LogP contribution in [-0.2, 0) is 11.3 Å². The third kappa shape index (κ3) is 4.54. The number of amides is 1. The molecule has 0 unspecified atom stereocenters. The quantitative estimate of drug-likeness (QED) is 0.818. The number of carbonyl (C=O) groups excluding carboxylic acids is 1. The highest BCUT2D eigenvalue weighted by Gasteiger charge is 2.02. The van der Waals surface area contributed by atoms with Gasteiger partial charge in [0.05, 0.1) is 10.4 Å². The van der Waals surface area contributed by atoms with Crippen LogP contribution in [0.4, 0.5) is 16.2 Å². The molecular weight excluding hydrogens is 340 g/mol. The molecule has 2 aromatic rings. The average Bonchev–Trinajstić information content (AvgIpc) is 2.84.